The molecule has 7 heteroatoms. The van der Waals surface area contributed by atoms with Gasteiger partial charge in [-0.2, -0.15) is 4.98 Å². The van der Waals surface area contributed by atoms with Gasteiger partial charge in [0.15, 0.2) is 5.82 Å². The molecule has 1 aromatic carbocycles. The molecule has 0 bridgehead atoms. The number of fused-ring (bicyclic) bond motifs is 1. The number of anilines is 5. The second-order valence-electron chi connectivity index (χ2n) is 8.14. The van der Waals surface area contributed by atoms with E-state index in [9.17, 15) is 0 Å². The van der Waals surface area contributed by atoms with Crippen LogP contribution >= 0.6 is 0 Å². The van der Waals surface area contributed by atoms with Crippen LogP contribution in [-0.4, -0.2) is 67.9 Å². The molecule has 3 heterocycles. The van der Waals surface area contributed by atoms with Gasteiger partial charge in [0.05, 0.1) is 18.6 Å². The van der Waals surface area contributed by atoms with Gasteiger partial charge in [0.25, 0.3) is 0 Å². The van der Waals surface area contributed by atoms with Gasteiger partial charge in [-0.15, -0.1) is 0 Å². The smallest absolute Gasteiger partial charge is 0.229 e. The average molecular weight is 396 g/mol. The molecule has 4 rings (SSSR count). The summed E-state index contributed by atoms with van der Waals surface area (Å²) >= 11 is 0. The average Bonchev–Trinajstić information content (AvgIpc) is 3.06. The van der Waals surface area contributed by atoms with Gasteiger partial charge in [-0.3, -0.25) is 0 Å². The van der Waals surface area contributed by atoms with Crippen molar-refractivity contribution in [2.75, 3.05) is 67.0 Å². The monoisotopic (exact) mass is 395 g/mol. The highest BCUT2D eigenvalue weighted by molar-refractivity contribution is 5.73. The van der Waals surface area contributed by atoms with Crippen LogP contribution in [0.25, 0.3) is 0 Å². The standard InChI is InChI=1S/C22H33N7/c1-5-18(6-2)29-16-27(4)20-15-23-22(25-21(20)29)24-17-7-9-19(10-8-17)28-13-11-26(3)12-14-28/h7-10,15,18H,5-6,11-14,16H2,1-4H3,(H,23,24,25). The van der Waals surface area contributed by atoms with E-state index in [2.05, 4.69) is 82.1 Å². The van der Waals surface area contributed by atoms with Crippen molar-refractivity contribution >= 4 is 28.8 Å². The van der Waals surface area contributed by atoms with Gasteiger partial charge in [-0.05, 0) is 44.2 Å². The van der Waals surface area contributed by atoms with Crippen molar-refractivity contribution < 1.29 is 0 Å². The third-order valence-corrected chi connectivity index (χ3v) is 6.17. The summed E-state index contributed by atoms with van der Waals surface area (Å²) in [6.45, 7) is 9.75. The fraction of sp³-hybridized carbons (Fsp3) is 0.545. The molecule has 1 N–H and O–H groups in total. The van der Waals surface area contributed by atoms with Gasteiger partial charge in [0.1, 0.15) is 0 Å². The summed E-state index contributed by atoms with van der Waals surface area (Å²) in [5.74, 6) is 1.69. The van der Waals surface area contributed by atoms with E-state index in [0.29, 0.717) is 12.0 Å². The second kappa shape index (κ2) is 8.45. The molecule has 2 aliphatic heterocycles. The molecule has 1 aromatic heterocycles. The van der Waals surface area contributed by atoms with Crippen molar-refractivity contribution in [2.24, 2.45) is 0 Å². The molecule has 0 aliphatic carbocycles. The zero-order valence-electron chi connectivity index (χ0n) is 18.1. The van der Waals surface area contributed by atoms with E-state index in [1.165, 1.54) is 5.69 Å². The fourth-order valence-corrected chi connectivity index (χ4v) is 4.25. The topological polar surface area (TPSA) is 50.8 Å². The van der Waals surface area contributed by atoms with Crippen LogP contribution in [0.5, 0.6) is 0 Å². The number of likely N-dealkylation sites (N-methyl/N-ethyl adjacent to an activating group) is 1. The predicted octanol–water partition coefficient (Wildman–Crippen LogP) is 3.37. The van der Waals surface area contributed by atoms with Gasteiger partial charge in [-0.25, -0.2) is 4.98 Å². The van der Waals surface area contributed by atoms with Crippen molar-refractivity contribution in [1.82, 2.24) is 14.9 Å². The highest BCUT2D eigenvalue weighted by Crippen LogP contribution is 2.36. The van der Waals surface area contributed by atoms with Crippen molar-refractivity contribution in [1.29, 1.82) is 0 Å². The molecule has 2 aromatic rings. The van der Waals surface area contributed by atoms with Crippen molar-refractivity contribution in [3.8, 4) is 0 Å². The molecular weight excluding hydrogens is 362 g/mol. The first kappa shape index (κ1) is 19.8. The molecule has 1 fully saturated rings. The minimum Gasteiger partial charge on any atom is -0.369 e. The molecule has 156 valence electrons. The van der Waals surface area contributed by atoms with Crippen LogP contribution < -0.4 is 20.0 Å². The Bertz CT molecular complexity index is 810. The van der Waals surface area contributed by atoms with Gasteiger partial charge in [0.2, 0.25) is 5.95 Å². The Labute approximate surface area is 174 Å². The summed E-state index contributed by atoms with van der Waals surface area (Å²) in [5, 5.41) is 3.39. The third-order valence-electron chi connectivity index (χ3n) is 6.17. The zero-order chi connectivity index (χ0) is 20.4. The number of rotatable bonds is 6. The summed E-state index contributed by atoms with van der Waals surface area (Å²) < 4.78 is 0. The molecule has 0 unspecified atom stereocenters. The molecule has 0 amide bonds. The fourth-order valence-electron chi connectivity index (χ4n) is 4.25. The maximum Gasteiger partial charge on any atom is 0.229 e. The van der Waals surface area contributed by atoms with E-state index >= 15 is 0 Å². The number of hydrogen-bond donors (Lipinski definition) is 1. The van der Waals surface area contributed by atoms with E-state index in [0.717, 1.165) is 62.9 Å². The Kier molecular flexibility index (Phi) is 5.76. The maximum absolute atomic E-state index is 4.86. The van der Waals surface area contributed by atoms with Crippen LogP contribution in [0.4, 0.5) is 28.8 Å². The number of nitrogens with zero attached hydrogens (tertiary/aromatic N) is 6. The first-order chi connectivity index (χ1) is 14.1. The molecule has 29 heavy (non-hydrogen) atoms. The quantitative estimate of drug-likeness (QED) is 0.805. The Morgan fingerprint density at radius 2 is 1.69 bits per heavy atom. The van der Waals surface area contributed by atoms with E-state index in [1.807, 2.05) is 6.20 Å². The van der Waals surface area contributed by atoms with Crippen LogP contribution in [0.1, 0.15) is 26.7 Å². The maximum atomic E-state index is 4.86. The first-order valence-electron chi connectivity index (χ1n) is 10.7. The molecule has 7 nitrogen and oxygen atoms in total. The van der Waals surface area contributed by atoms with Crippen LogP contribution in [-0.2, 0) is 0 Å². The van der Waals surface area contributed by atoms with E-state index in [4.69, 9.17) is 4.98 Å². The highest BCUT2D eigenvalue weighted by Gasteiger charge is 2.29. The normalized spacial score (nSPS) is 17.2. The lowest BCUT2D eigenvalue weighted by Gasteiger charge is -2.34. The predicted molar refractivity (Wildman–Crippen MR) is 122 cm³/mol. The molecule has 2 aliphatic rings. The number of hydrogen-bond acceptors (Lipinski definition) is 7. The largest absolute Gasteiger partial charge is 0.369 e. The lowest BCUT2D eigenvalue weighted by atomic mass is 10.1. The Morgan fingerprint density at radius 3 is 2.34 bits per heavy atom. The zero-order valence-corrected chi connectivity index (χ0v) is 18.1. The van der Waals surface area contributed by atoms with Crippen molar-refractivity contribution in [3.05, 3.63) is 30.5 Å². The number of piperazine rings is 1. The van der Waals surface area contributed by atoms with E-state index in [1.54, 1.807) is 0 Å². The Hall–Kier alpha value is -2.54. The van der Waals surface area contributed by atoms with Gasteiger partial charge >= 0.3 is 0 Å². The SMILES string of the molecule is CCC(CC)N1CN(C)c2cnc(Nc3ccc(N4CCN(C)CC4)cc3)nc21. The van der Waals surface area contributed by atoms with Crippen molar-refractivity contribution in [2.45, 2.75) is 32.7 Å². The minimum absolute atomic E-state index is 0.504. The lowest BCUT2D eigenvalue weighted by molar-refractivity contribution is 0.313. The summed E-state index contributed by atoms with van der Waals surface area (Å²) in [6, 6.07) is 9.12. The lowest BCUT2D eigenvalue weighted by Crippen LogP contribution is -2.44. The van der Waals surface area contributed by atoms with Gasteiger partial charge < -0.3 is 24.9 Å². The molecule has 0 radical (unpaired) electrons. The van der Waals surface area contributed by atoms with Crippen LogP contribution in [0.2, 0.25) is 0 Å². The first-order valence-corrected chi connectivity index (χ1v) is 10.7. The van der Waals surface area contributed by atoms with E-state index in [-0.39, 0.29) is 0 Å². The number of benzene rings is 1. The Morgan fingerprint density at radius 1 is 1.00 bits per heavy atom. The Balaban J connectivity index is 1.48. The number of nitrogens with one attached hydrogen (secondary N) is 1. The molecule has 0 saturated carbocycles. The summed E-state index contributed by atoms with van der Waals surface area (Å²) in [5.41, 5.74) is 3.40. The molecular formula is C22H33N7. The van der Waals surface area contributed by atoms with Crippen LogP contribution in [0.15, 0.2) is 30.5 Å². The van der Waals surface area contributed by atoms with Crippen molar-refractivity contribution in [3.63, 3.8) is 0 Å². The summed E-state index contributed by atoms with van der Waals surface area (Å²) in [7, 11) is 4.29. The third kappa shape index (κ3) is 4.10. The summed E-state index contributed by atoms with van der Waals surface area (Å²) in [4.78, 5) is 18.9. The van der Waals surface area contributed by atoms with E-state index < -0.39 is 0 Å². The molecule has 0 atom stereocenters. The van der Waals surface area contributed by atoms with Gasteiger partial charge in [0, 0.05) is 50.6 Å². The highest BCUT2D eigenvalue weighted by atomic mass is 15.4. The summed E-state index contributed by atoms with van der Waals surface area (Å²) in [6.07, 6.45) is 4.17. The second-order valence-corrected chi connectivity index (χ2v) is 8.14. The molecule has 0 spiro atoms. The van der Waals surface area contributed by atoms with Crippen LogP contribution in [0, 0.1) is 0 Å². The minimum atomic E-state index is 0.504. The van der Waals surface area contributed by atoms with Gasteiger partial charge in [-0.1, -0.05) is 13.8 Å². The number of aromatic nitrogens is 2. The van der Waals surface area contributed by atoms with Crippen LogP contribution in [0.3, 0.4) is 0 Å². The molecule has 1 saturated heterocycles.